The molecule has 0 saturated heterocycles. The van der Waals surface area contributed by atoms with Crippen molar-refractivity contribution in [2.45, 2.75) is 89.7 Å². The predicted octanol–water partition coefficient (Wildman–Crippen LogP) is 4.27. The second-order valence-corrected chi connectivity index (χ2v) is 10.1. The summed E-state index contributed by atoms with van der Waals surface area (Å²) in [5, 5.41) is 21.1. The molecule has 0 aromatic carbocycles. The number of quaternary nitrogens is 1. The molecule has 0 spiro atoms. The summed E-state index contributed by atoms with van der Waals surface area (Å²) >= 11 is 0. The second-order valence-electron chi connectivity index (χ2n) is 10.1. The Morgan fingerprint density at radius 3 is 1.89 bits per heavy atom. The number of nitrogens with zero attached hydrogens (tertiary/aromatic N) is 1. The zero-order chi connectivity index (χ0) is 27.8. The molecule has 0 aliphatic rings. The molecule has 7 nitrogen and oxygen atoms in total. The van der Waals surface area contributed by atoms with Gasteiger partial charge in [0.2, 0.25) is 0 Å². The van der Waals surface area contributed by atoms with Crippen LogP contribution in [0.3, 0.4) is 0 Å². The van der Waals surface area contributed by atoms with Gasteiger partial charge in [0.25, 0.3) is 0 Å². The summed E-state index contributed by atoms with van der Waals surface area (Å²) in [6.07, 6.45) is 26.3. The average Bonchev–Trinajstić information content (AvgIpc) is 2.83. The van der Waals surface area contributed by atoms with Gasteiger partial charge in [-0.3, -0.25) is 4.79 Å². The number of likely N-dealkylation sites (N-methyl/N-ethyl adjacent to an activating group) is 1. The highest BCUT2D eigenvalue weighted by Gasteiger charge is 2.24. The number of unbranched alkanes of at least 4 members (excludes halogenated alkanes) is 4. The van der Waals surface area contributed by atoms with Gasteiger partial charge >= 0.3 is 5.97 Å². The SMILES string of the molecule is CCCCC/C=C/C/C=C/C/C=C/C/C=C/CCCC(=O)OCC(O)COCCC(C(=O)[O-])[N+](C)(C)C. The number of aliphatic carboxylic acids is 1. The van der Waals surface area contributed by atoms with Gasteiger partial charge < -0.3 is 29.0 Å². The van der Waals surface area contributed by atoms with Crippen molar-refractivity contribution in [3.63, 3.8) is 0 Å². The third kappa shape index (κ3) is 22.7. The van der Waals surface area contributed by atoms with Gasteiger partial charge in [-0.25, -0.2) is 0 Å². The summed E-state index contributed by atoms with van der Waals surface area (Å²) in [4.78, 5) is 23.0. The van der Waals surface area contributed by atoms with E-state index in [0.717, 1.165) is 25.7 Å². The van der Waals surface area contributed by atoms with Gasteiger partial charge in [-0.05, 0) is 44.9 Å². The molecule has 7 heteroatoms. The fraction of sp³-hybridized carbons (Fsp3) is 0.667. The Kier molecular flexibility index (Phi) is 21.6. The van der Waals surface area contributed by atoms with E-state index in [2.05, 4.69) is 55.5 Å². The number of allylic oxidation sites excluding steroid dienone is 8. The monoisotopic (exact) mass is 521 g/mol. The third-order valence-electron chi connectivity index (χ3n) is 5.70. The van der Waals surface area contributed by atoms with Crippen molar-refractivity contribution in [1.82, 2.24) is 0 Å². The van der Waals surface area contributed by atoms with E-state index in [0.29, 0.717) is 12.8 Å². The number of carbonyl (C=O) groups is 2. The molecule has 0 bridgehead atoms. The number of carboxylic acid groups (broad SMARTS) is 1. The molecule has 0 rings (SSSR count). The van der Waals surface area contributed by atoms with Crippen molar-refractivity contribution in [1.29, 1.82) is 0 Å². The normalized spacial score (nSPS) is 14.3. The highest BCUT2D eigenvalue weighted by atomic mass is 16.5. The van der Waals surface area contributed by atoms with E-state index in [9.17, 15) is 19.8 Å². The number of rotatable bonds is 23. The van der Waals surface area contributed by atoms with E-state index < -0.39 is 18.1 Å². The lowest BCUT2D eigenvalue weighted by atomic mass is 10.1. The molecule has 0 amide bonds. The Morgan fingerprint density at radius 1 is 0.838 bits per heavy atom. The van der Waals surface area contributed by atoms with Gasteiger partial charge in [0, 0.05) is 12.8 Å². The van der Waals surface area contributed by atoms with Gasteiger partial charge in [-0.1, -0.05) is 68.4 Å². The van der Waals surface area contributed by atoms with Crippen LogP contribution in [0.1, 0.15) is 77.6 Å². The topological polar surface area (TPSA) is 95.9 Å². The molecule has 2 atom stereocenters. The first kappa shape index (κ1) is 34.8. The van der Waals surface area contributed by atoms with Crippen LogP contribution in [-0.4, -0.2) is 74.6 Å². The summed E-state index contributed by atoms with van der Waals surface area (Å²) in [5.74, 6) is -1.48. The van der Waals surface area contributed by atoms with E-state index in [1.165, 1.54) is 25.7 Å². The summed E-state index contributed by atoms with van der Waals surface area (Å²) in [6.45, 7) is 2.24. The first-order valence-corrected chi connectivity index (χ1v) is 13.7. The van der Waals surface area contributed by atoms with Crippen LogP contribution in [-0.2, 0) is 19.1 Å². The minimum atomic E-state index is -1.13. The smallest absolute Gasteiger partial charge is 0.305 e. The molecule has 0 aromatic heterocycles. The van der Waals surface area contributed by atoms with E-state index in [1.54, 1.807) is 21.1 Å². The van der Waals surface area contributed by atoms with Crippen LogP contribution in [0.15, 0.2) is 48.6 Å². The minimum absolute atomic E-state index is 0.0214. The molecular weight excluding hydrogens is 470 g/mol. The van der Waals surface area contributed by atoms with Crippen LogP contribution in [0, 0.1) is 0 Å². The molecule has 0 radical (unpaired) electrons. The number of aliphatic hydroxyl groups is 1. The van der Waals surface area contributed by atoms with Crippen molar-refractivity contribution in [3.05, 3.63) is 48.6 Å². The van der Waals surface area contributed by atoms with Crippen molar-refractivity contribution in [2.24, 2.45) is 0 Å². The molecule has 0 fully saturated rings. The highest BCUT2D eigenvalue weighted by Crippen LogP contribution is 2.07. The Bertz CT molecular complexity index is 705. The number of carboxylic acids is 1. The van der Waals surface area contributed by atoms with Gasteiger partial charge in [0.1, 0.15) is 18.8 Å². The Morgan fingerprint density at radius 2 is 1.38 bits per heavy atom. The van der Waals surface area contributed by atoms with Crippen molar-refractivity contribution in [2.75, 3.05) is 41.0 Å². The summed E-state index contributed by atoms with van der Waals surface area (Å²) < 4.78 is 10.6. The molecule has 0 saturated carbocycles. The molecule has 0 aliphatic carbocycles. The van der Waals surface area contributed by atoms with Gasteiger partial charge in [-0.15, -0.1) is 0 Å². The van der Waals surface area contributed by atoms with Crippen LogP contribution in [0.5, 0.6) is 0 Å². The number of hydrogen-bond acceptors (Lipinski definition) is 6. The lowest BCUT2D eigenvalue weighted by molar-refractivity contribution is -0.889. The lowest BCUT2D eigenvalue weighted by Gasteiger charge is -2.34. The maximum absolute atomic E-state index is 11.8. The zero-order valence-corrected chi connectivity index (χ0v) is 23.6. The average molecular weight is 522 g/mol. The standard InChI is InChI=1S/C30H51NO6/c1-5-6-7-8-9-10-11-12-13-14-15-16-17-18-19-20-21-22-29(33)37-26-27(32)25-36-24-23-28(30(34)35)31(2,3)4/h9-10,12-13,15-16,18-19,27-28,32H,5-8,11,14,17,20-26H2,1-4H3/b10-9+,13-12+,16-15+,19-18+. The molecule has 0 aromatic rings. The maximum atomic E-state index is 11.8. The largest absolute Gasteiger partial charge is 0.544 e. The first-order valence-electron chi connectivity index (χ1n) is 13.7. The Labute approximate surface area is 225 Å². The number of carbonyl (C=O) groups excluding carboxylic acids is 2. The number of aliphatic hydroxyl groups excluding tert-OH is 1. The number of ether oxygens (including phenoxy) is 2. The van der Waals surface area contributed by atoms with Crippen molar-refractivity contribution >= 4 is 11.9 Å². The first-order chi connectivity index (χ1) is 17.7. The zero-order valence-electron chi connectivity index (χ0n) is 23.6. The molecule has 37 heavy (non-hydrogen) atoms. The van der Waals surface area contributed by atoms with Crippen LogP contribution < -0.4 is 5.11 Å². The van der Waals surface area contributed by atoms with Gasteiger partial charge in [0.05, 0.1) is 40.3 Å². The molecule has 212 valence electrons. The molecular formula is C30H51NO6. The van der Waals surface area contributed by atoms with Gasteiger partial charge in [0.15, 0.2) is 0 Å². The predicted molar refractivity (Wildman–Crippen MR) is 148 cm³/mol. The number of hydrogen-bond donors (Lipinski definition) is 1. The Hall–Kier alpha value is -2.22. The summed E-state index contributed by atoms with van der Waals surface area (Å²) in [7, 11) is 5.33. The Balaban J connectivity index is 3.73. The van der Waals surface area contributed by atoms with Crippen LogP contribution in [0.4, 0.5) is 0 Å². The molecule has 2 unspecified atom stereocenters. The molecule has 0 heterocycles. The summed E-state index contributed by atoms with van der Waals surface area (Å²) in [6, 6.07) is -0.695. The van der Waals surface area contributed by atoms with Gasteiger partial charge in [-0.2, -0.15) is 0 Å². The molecule has 1 N–H and O–H groups in total. The fourth-order valence-electron chi connectivity index (χ4n) is 3.47. The quantitative estimate of drug-likeness (QED) is 0.0934. The number of esters is 1. The molecule has 0 aliphatic heterocycles. The van der Waals surface area contributed by atoms with E-state index in [4.69, 9.17) is 9.47 Å². The minimum Gasteiger partial charge on any atom is -0.544 e. The van der Waals surface area contributed by atoms with Crippen LogP contribution in [0.25, 0.3) is 0 Å². The van der Waals surface area contributed by atoms with Crippen LogP contribution in [0.2, 0.25) is 0 Å². The van der Waals surface area contributed by atoms with E-state index in [1.807, 2.05) is 0 Å². The third-order valence-corrected chi connectivity index (χ3v) is 5.70. The van der Waals surface area contributed by atoms with E-state index >= 15 is 0 Å². The fourth-order valence-corrected chi connectivity index (χ4v) is 3.47. The summed E-state index contributed by atoms with van der Waals surface area (Å²) in [5.41, 5.74) is 0. The van der Waals surface area contributed by atoms with Crippen LogP contribution >= 0.6 is 0 Å². The highest BCUT2D eigenvalue weighted by molar-refractivity contribution is 5.69. The lowest BCUT2D eigenvalue weighted by Crippen LogP contribution is -2.55. The van der Waals surface area contributed by atoms with Crippen molar-refractivity contribution in [3.8, 4) is 0 Å². The van der Waals surface area contributed by atoms with E-state index in [-0.39, 0.29) is 36.7 Å². The second kappa shape index (κ2) is 22.9. The van der Waals surface area contributed by atoms with Crippen molar-refractivity contribution < 1.29 is 33.8 Å². The maximum Gasteiger partial charge on any atom is 0.305 e.